The van der Waals surface area contributed by atoms with E-state index in [0.717, 1.165) is 6.07 Å². The van der Waals surface area contributed by atoms with Gasteiger partial charge in [0, 0.05) is 11.8 Å². The third-order valence-corrected chi connectivity index (χ3v) is 2.42. The molecule has 0 radical (unpaired) electrons. The van der Waals surface area contributed by atoms with Crippen molar-refractivity contribution in [3.8, 4) is 5.75 Å². The Bertz CT molecular complexity index is 564. The molecule has 21 heavy (non-hydrogen) atoms. The van der Waals surface area contributed by atoms with Gasteiger partial charge in [-0.15, -0.1) is 0 Å². The number of rotatable bonds is 6. The molecular weight excluding hydrogens is 285 g/mol. The fourth-order valence-electron chi connectivity index (χ4n) is 1.47. The van der Waals surface area contributed by atoms with Crippen LogP contribution in [0, 0.1) is 5.82 Å². The van der Waals surface area contributed by atoms with Crippen LogP contribution < -0.4 is 21.1 Å². The molecule has 0 aliphatic heterocycles. The molecule has 0 heterocycles. The lowest BCUT2D eigenvalue weighted by molar-refractivity contribution is -0.140. The van der Waals surface area contributed by atoms with E-state index in [1.807, 2.05) is 5.32 Å². The maximum atomic E-state index is 13.4. The van der Waals surface area contributed by atoms with Gasteiger partial charge in [-0.25, -0.2) is 14.0 Å². The van der Waals surface area contributed by atoms with E-state index in [-0.39, 0.29) is 11.4 Å². The molecule has 0 aromatic heterocycles. The van der Waals surface area contributed by atoms with Gasteiger partial charge in [-0.2, -0.15) is 0 Å². The average Bonchev–Trinajstić information content (AvgIpc) is 2.37. The van der Waals surface area contributed by atoms with Crippen LogP contribution in [0.1, 0.15) is 6.42 Å². The molecule has 0 aliphatic carbocycles. The molecule has 0 saturated carbocycles. The van der Waals surface area contributed by atoms with Crippen LogP contribution in [-0.4, -0.2) is 36.2 Å². The van der Waals surface area contributed by atoms with Gasteiger partial charge >= 0.3 is 12.0 Å². The van der Waals surface area contributed by atoms with Gasteiger partial charge in [0.05, 0.1) is 13.5 Å². The second kappa shape index (κ2) is 7.08. The monoisotopic (exact) mass is 299 g/mol. The Kier molecular flexibility index (Phi) is 5.47. The van der Waals surface area contributed by atoms with Crippen LogP contribution in [0.25, 0.3) is 0 Å². The van der Waals surface area contributed by atoms with Crippen LogP contribution in [0.15, 0.2) is 18.2 Å². The number of ether oxygens (including phenoxy) is 1. The maximum Gasteiger partial charge on any atom is 0.326 e. The molecule has 9 heteroatoms. The largest absolute Gasteiger partial charge is 0.494 e. The Morgan fingerprint density at radius 3 is 2.57 bits per heavy atom. The third-order valence-electron chi connectivity index (χ3n) is 2.42. The van der Waals surface area contributed by atoms with E-state index in [0.29, 0.717) is 0 Å². The summed E-state index contributed by atoms with van der Waals surface area (Å²) in [5, 5.41) is 13.1. The van der Waals surface area contributed by atoms with E-state index in [1.54, 1.807) is 0 Å². The van der Waals surface area contributed by atoms with Gasteiger partial charge in [0.15, 0.2) is 11.6 Å². The number of benzene rings is 1. The predicted octanol–water partition coefficient (Wildman–Crippen LogP) is 0.284. The van der Waals surface area contributed by atoms with Gasteiger partial charge in [0.25, 0.3) is 0 Å². The highest BCUT2D eigenvalue weighted by Crippen LogP contribution is 2.20. The molecule has 8 nitrogen and oxygen atoms in total. The summed E-state index contributed by atoms with van der Waals surface area (Å²) in [6.07, 6.45) is -0.556. The Labute approximate surface area is 119 Å². The summed E-state index contributed by atoms with van der Waals surface area (Å²) in [7, 11) is 1.29. The number of hydrogen-bond acceptors (Lipinski definition) is 4. The minimum Gasteiger partial charge on any atom is -0.494 e. The van der Waals surface area contributed by atoms with Crippen LogP contribution in [0.5, 0.6) is 5.75 Å². The molecular formula is C12H14FN3O5. The third kappa shape index (κ3) is 4.97. The smallest absolute Gasteiger partial charge is 0.326 e. The van der Waals surface area contributed by atoms with E-state index < -0.39 is 36.2 Å². The summed E-state index contributed by atoms with van der Waals surface area (Å²) in [4.78, 5) is 33.1. The fraction of sp³-hybridized carbons (Fsp3) is 0.250. The number of halogens is 1. The van der Waals surface area contributed by atoms with Gasteiger partial charge in [-0.1, -0.05) is 0 Å². The highest BCUT2D eigenvalue weighted by atomic mass is 19.1. The maximum absolute atomic E-state index is 13.4. The number of hydrogen-bond donors (Lipinski definition) is 4. The molecule has 1 unspecified atom stereocenters. The zero-order chi connectivity index (χ0) is 16.0. The molecule has 1 aromatic rings. The van der Waals surface area contributed by atoms with Gasteiger partial charge in [-0.3, -0.25) is 4.79 Å². The van der Waals surface area contributed by atoms with Crippen molar-refractivity contribution < 1.29 is 28.6 Å². The van der Waals surface area contributed by atoms with Crippen LogP contribution in [-0.2, 0) is 9.59 Å². The molecule has 114 valence electrons. The second-order valence-corrected chi connectivity index (χ2v) is 4.01. The van der Waals surface area contributed by atoms with Crippen molar-refractivity contribution in [2.45, 2.75) is 12.5 Å². The molecule has 1 aromatic carbocycles. The molecule has 3 amide bonds. The van der Waals surface area contributed by atoms with Crippen LogP contribution in [0.4, 0.5) is 14.9 Å². The van der Waals surface area contributed by atoms with Gasteiger partial charge in [0.1, 0.15) is 6.04 Å². The molecule has 0 fully saturated rings. The van der Waals surface area contributed by atoms with Crippen LogP contribution in [0.3, 0.4) is 0 Å². The number of nitrogens with two attached hydrogens (primary N) is 1. The number of methoxy groups -OCH3 is 1. The number of carbonyl (C=O) groups excluding carboxylic acids is 2. The first-order valence-electron chi connectivity index (χ1n) is 5.75. The second-order valence-electron chi connectivity index (χ2n) is 4.01. The first kappa shape index (κ1) is 16.2. The molecule has 0 saturated heterocycles. The number of nitrogens with one attached hydrogen (secondary N) is 2. The molecule has 0 spiro atoms. The number of carboxylic acid groups (broad SMARTS) is 1. The fourth-order valence-corrected chi connectivity index (χ4v) is 1.47. The highest BCUT2D eigenvalue weighted by Gasteiger charge is 2.22. The minimum absolute atomic E-state index is 0.00176. The van der Waals surface area contributed by atoms with Crippen molar-refractivity contribution in [1.82, 2.24) is 5.32 Å². The number of aliphatic carboxylic acids is 1. The number of carboxylic acids is 1. The Hall–Kier alpha value is -2.84. The van der Waals surface area contributed by atoms with Crippen molar-refractivity contribution in [2.75, 3.05) is 12.4 Å². The normalized spacial score (nSPS) is 11.3. The summed E-state index contributed by atoms with van der Waals surface area (Å²) < 4.78 is 18.1. The average molecular weight is 299 g/mol. The van der Waals surface area contributed by atoms with Gasteiger partial charge in [0.2, 0.25) is 5.91 Å². The van der Waals surface area contributed by atoms with Crippen molar-refractivity contribution >= 4 is 23.6 Å². The molecule has 5 N–H and O–H groups in total. The van der Waals surface area contributed by atoms with Crippen molar-refractivity contribution in [3.63, 3.8) is 0 Å². The van der Waals surface area contributed by atoms with Crippen LogP contribution in [0.2, 0.25) is 0 Å². The topological polar surface area (TPSA) is 131 Å². The van der Waals surface area contributed by atoms with Gasteiger partial charge in [-0.05, 0) is 12.1 Å². The summed E-state index contributed by atoms with van der Waals surface area (Å²) in [6.45, 7) is 0. The van der Waals surface area contributed by atoms with E-state index in [1.165, 1.54) is 19.2 Å². The zero-order valence-electron chi connectivity index (χ0n) is 11.1. The lowest BCUT2D eigenvalue weighted by Gasteiger charge is -2.14. The quantitative estimate of drug-likeness (QED) is 0.599. The number of amides is 3. The molecule has 1 atom stereocenters. The van der Waals surface area contributed by atoms with E-state index in [4.69, 9.17) is 15.6 Å². The summed E-state index contributed by atoms with van der Waals surface area (Å²) >= 11 is 0. The predicted molar refractivity (Wildman–Crippen MR) is 70.3 cm³/mol. The number of anilines is 1. The standard InChI is InChI=1S/C12H14FN3O5/c1-21-9-3-2-6(4-7(9)13)15-12(20)16-8(11(18)19)5-10(14)17/h2-4,8H,5H2,1H3,(H2,14,17)(H,18,19)(H2,15,16,20). The number of carbonyl (C=O) groups is 3. The molecule has 0 aliphatic rings. The number of urea groups is 1. The SMILES string of the molecule is COc1ccc(NC(=O)NC(CC(N)=O)C(=O)O)cc1F. The van der Waals surface area contributed by atoms with E-state index in [9.17, 15) is 18.8 Å². The van der Waals surface area contributed by atoms with Gasteiger partial charge < -0.3 is 26.2 Å². The summed E-state index contributed by atoms with van der Waals surface area (Å²) in [5.74, 6) is -2.98. The summed E-state index contributed by atoms with van der Waals surface area (Å²) in [5.41, 5.74) is 4.97. The highest BCUT2D eigenvalue weighted by molar-refractivity contribution is 5.93. The molecule has 1 rings (SSSR count). The Morgan fingerprint density at radius 1 is 1.43 bits per heavy atom. The Balaban J connectivity index is 2.69. The minimum atomic E-state index is -1.47. The Morgan fingerprint density at radius 2 is 2.10 bits per heavy atom. The zero-order valence-corrected chi connectivity index (χ0v) is 11.1. The van der Waals surface area contributed by atoms with Crippen molar-refractivity contribution in [3.05, 3.63) is 24.0 Å². The summed E-state index contributed by atoms with van der Waals surface area (Å²) in [6, 6.07) is 1.29. The number of primary amides is 1. The lowest BCUT2D eigenvalue weighted by atomic mass is 10.2. The van der Waals surface area contributed by atoms with E-state index in [2.05, 4.69) is 5.32 Å². The van der Waals surface area contributed by atoms with E-state index >= 15 is 0 Å². The first-order valence-corrected chi connectivity index (χ1v) is 5.75. The van der Waals surface area contributed by atoms with Crippen molar-refractivity contribution in [2.24, 2.45) is 5.73 Å². The van der Waals surface area contributed by atoms with Crippen LogP contribution >= 0.6 is 0 Å². The molecule has 0 bridgehead atoms. The lowest BCUT2D eigenvalue weighted by Crippen LogP contribution is -2.45. The first-order chi connectivity index (χ1) is 9.83. The van der Waals surface area contributed by atoms with Crippen molar-refractivity contribution in [1.29, 1.82) is 0 Å².